The molecule has 2 unspecified atom stereocenters. The first-order valence-corrected chi connectivity index (χ1v) is 13.3. The molecular weight excluding hydrogens is 408 g/mol. The topological polar surface area (TPSA) is 71.1 Å². The Morgan fingerprint density at radius 1 is 0.594 bits per heavy atom. The number of rotatable bonds is 18. The third-order valence-corrected chi connectivity index (χ3v) is 6.04. The van der Waals surface area contributed by atoms with Crippen LogP contribution in [0.25, 0.3) is 0 Å². The number of hydrogen-bond acceptors (Lipinski definition) is 6. The average molecular weight is 457 g/mol. The molecule has 0 spiro atoms. The molecule has 0 radical (unpaired) electrons. The maximum absolute atomic E-state index is 11.9. The minimum atomic E-state index is -0.608. The molecule has 2 atom stereocenters. The second kappa shape index (κ2) is 20.2. The summed E-state index contributed by atoms with van der Waals surface area (Å²) in [5, 5.41) is 0. The Morgan fingerprint density at radius 3 is 1.38 bits per heavy atom. The number of unbranched alkanes of at least 4 members (excludes halogenated alkanes) is 12. The van der Waals surface area contributed by atoms with Crippen LogP contribution in [0, 0.1) is 0 Å². The van der Waals surface area contributed by atoms with Crippen molar-refractivity contribution in [2.45, 2.75) is 142 Å². The molecule has 0 bridgehead atoms. The van der Waals surface area contributed by atoms with Crippen LogP contribution in [0.4, 0.5) is 9.59 Å². The zero-order valence-electron chi connectivity index (χ0n) is 20.7. The molecule has 1 fully saturated rings. The predicted octanol–water partition coefficient (Wildman–Crippen LogP) is 8.11. The monoisotopic (exact) mass is 456 g/mol. The van der Waals surface area contributed by atoms with Gasteiger partial charge in [-0.3, -0.25) is 0 Å². The fourth-order valence-corrected chi connectivity index (χ4v) is 4.09. The van der Waals surface area contributed by atoms with E-state index in [4.69, 9.17) is 18.9 Å². The summed E-state index contributed by atoms with van der Waals surface area (Å²) in [7, 11) is 0. The SMILES string of the molecule is CCCCCCCCCOC(=O)OC1CCCC(OC(=O)OCCCCCCCCC)C1. The van der Waals surface area contributed by atoms with E-state index in [9.17, 15) is 9.59 Å². The highest BCUT2D eigenvalue weighted by atomic mass is 16.7. The number of carbonyl (C=O) groups excluding carboxylic acids is 2. The minimum absolute atomic E-state index is 0.258. The second-order valence-corrected chi connectivity index (χ2v) is 9.09. The molecule has 1 saturated carbocycles. The molecule has 0 aromatic rings. The summed E-state index contributed by atoms with van der Waals surface area (Å²) >= 11 is 0. The van der Waals surface area contributed by atoms with Crippen molar-refractivity contribution < 1.29 is 28.5 Å². The Labute approximate surface area is 196 Å². The quantitative estimate of drug-likeness (QED) is 0.153. The highest BCUT2D eigenvalue weighted by Gasteiger charge is 2.28. The Kier molecular flexibility index (Phi) is 18.0. The number of hydrogen-bond donors (Lipinski definition) is 0. The fourth-order valence-electron chi connectivity index (χ4n) is 4.09. The van der Waals surface area contributed by atoms with Crippen molar-refractivity contribution in [1.29, 1.82) is 0 Å². The molecule has 6 heteroatoms. The molecule has 32 heavy (non-hydrogen) atoms. The number of ether oxygens (including phenoxy) is 4. The van der Waals surface area contributed by atoms with E-state index in [0.29, 0.717) is 19.6 Å². The van der Waals surface area contributed by atoms with E-state index in [0.717, 1.165) is 44.9 Å². The standard InChI is InChI=1S/C26H48O6/c1-3-5-7-9-11-13-15-20-29-25(27)31-23-18-17-19-24(22-23)32-26(28)30-21-16-14-12-10-8-6-4-2/h23-24H,3-22H2,1-2H3. The lowest BCUT2D eigenvalue weighted by Crippen LogP contribution is -2.32. The Morgan fingerprint density at radius 2 is 0.969 bits per heavy atom. The first-order valence-electron chi connectivity index (χ1n) is 13.3. The fraction of sp³-hybridized carbons (Fsp3) is 0.923. The van der Waals surface area contributed by atoms with Crippen molar-refractivity contribution in [3.63, 3.8) is 0 Å². The van der Waals surface area contributed by atoms with E-state index in [1.807, 2.05) is 0 Å². The van der Waals surface area contributed by atoms with Gasteiger partial charge in [0.15, 0.2) is 0 Å². The summed E-state index contributed by atoms with van der Waals surface area (Å²) < 4.78 is 21.2. The van der Waals surface area contributed by atoms with Crippen LogP contribution in [-0.2, 0) is 18.9 Å². The van der Waals surface area contributed by atoms with E-state index in [2.05, 4.69) is 13.8 Å². The molecule has 0 amide bonds. The van der Waals surface area contributed by atoms with E-state index >= 15 is 0 Å². The normalized spacial score (nSPS) is 18.2. The van der Waals surface area contributed by atoms with E-state index < -0.39 is 12.3 Å². The predicted molar refractivity (Wildman–Crippen MR) is 127 cm³/mol. The molecule has 1 aliphatic rings. The van der Waals surface area contributed by atoms with Gasteiger partial charge in [-0.25, -0.2) is 9.59 Å². The molecule has 0 aromatic carbocycles. The van der Waals surface area contributed by atoms with Crippen molar-refractivity contribution in [3.05, 3.63) is 0 Å². The molecule has 1 aliphatic carbocycles. The Bertz CT molecular complexity index is 427. The number of carbonyl (C=O) groups is 2. The molecule has 0 heterocycles. The molecule has 0 aliphatic heterocycles. The van der Waals surface area contributed by atoms with Crippen LogP contribution < -0.4 is 0 Å². The maximum atomic E-state index is 11.9. The highest BCUT2D eigenvalue weighted by Crippen LogP contribution is 2.24. The average Bonchev–Trinajstić information content (AvgIpc) is 2.77. The smallest absolute Gasteiger partial charge is 0.434 e. The van der Waals surface area contributed by atoms with Crippen LogP contribution >= 0.6 is 0 Å². The van der Waals surface area contributed by atoms with E-state index in [1.165, 1.54) is 64.2 Å². The van der Waals surface area contributed by atoms with Gasteiger partial charge in [-0.2, -0.15) is 0 Å². The first kappa shape index (κ1) is 28.6. The maximum Gasteiger partial charge on any atom is 0.508 e. The molecule has 6 nitrogen and oxygen atoms in total. The zero-order valence-corrected chi connectivity index (χ0v) is 20.7. The van der Waals surface area contributed by atoms with Crippen LogP contribution in [0.15, 0.2) is 0 Å². The van der Waals surface area contributed by atoms with Gasteiger partial charge in [0.25, 0.3) is 0 Å². The van der Waals surface area contributed by atoms with Gasteiger partial charge in [0.2, 0.25) is 0 Å². The van der Waals surface area contributed by atoms with Crippen molar-refractivity contribution >= 4 is 12.3 Å². The minimum Gasteiger partial charge on any atom is -0.434 e. The van der Waals surface area contributed by atoms with Gasteiger partial charge in [0, 0.05) is 6.42 Å². The van der Waals surface area contributed by atoms with Gasteiger partial charge in [-0.15, -0.1) is 0 Å². The van der Waals surface area contributed by atoms with E-state index in [1.54, 1.807) is 0 Å². The molecule has 0 saturated heterocycles. The van der Waals surface area contributed by atoms with Gasteiger partial charge in [-0.1, -0.05) is 90.9 Å². The van der Waals surface area contributed by atoms with Crippen LogP contribution in [-0.4, -0.2) is 37.7 Å². The van der Waals surface area contributed by atoms with Crippen molar-refractivity contribution in [2.75, 3.05) is 13.2 Å². The summed E-state index contributed by atoms with van der Waals surface area (Å²) in [6.07, 6.45) is 17.7. The lowest BCUT2D eigenvalue weighted by molar-refractivity contribution is -0.0350. The van der Waals surface area contributed by atoms with Crippen LogP contribution in [0.2, 0.25) is 0 Å². The highest BCUT2D eigenvalue weighted by molar-refractivity contribution is 5.60. The van der Waals surface area contributed by atoms with Crippen LogP contribution in [0.1, 0.15) is 129 Å². The van der Waals surface area contributed by atoms with Gasteiger partial charge in [0.1, 0.15) is 12.2 Å². The second-order valence-electron chi connectivity index (χ2n) is 9.09. The summed E-state index contributed by atoms with van der Waals surface area (Å²) in [4.78, 5) is 23.8. The molecule has 188 valence electrons. The molecule has 1 rings (SSSR count). The molecular formula is C26H48O6. The van der Waals surface area contributed by atoms with Gasteiger partial charge in [0.05, 0.1) is 13.2 Å². The summed E-state index contributed by atoms with van der Waals surface area (Å²) in [6.45, 7) is 5.24. The summed E-state index contributed by atoms with van der Waals surface area (Å²) in [6, 6.07) is 0. The van der Waals surface area contributed by atoms with Crippen molar-refractivity contribution in [2.24, 2.45) is 0 Å². The third kappa shape index (κ3) is 16.2. The first-order chi connectivity index (χ1) is 15.7. The van der Waals surface area contributed by atoms with E-state index in [-0.39, 0.29) is 12.2 Å². The summed E-state index contributed by atoms with van der Waals surface area (Å²) in [5.74, 6) is 0. The summed E-state index contributed by atoms with van der Waals surface area (Å²) in [5.41, 5.74) is 0. The molecule has 0 N–H and O–H groups in total. The Hall–Kier alpha value is -1.46. The lowest BCUT2D eigenvalue weighted by atomic mass is 9.95. The van der Waals surface area contributed by atoms with Crippen LogP contribution in [0.3, 0.4) is 0 Å². The Balaban J connectivity index is 2.04. The lowest BCUT2D eigenvalue weighted by Gasteiger charge is -2.28. The van der Waals surface area contributed by atoms with Gasteiger partial charge in [-0.05, 0) is 32.1 Å². The van der Waals surface area contributed by atoms with Gasteiger partial charge < -0.3 is 18.9 Å². The zero-order chi connectivity index (χ0) is 23.3. The van der Waals surface area contributed by atoms with Crippen molar-refractivity contribution in [1.82, 2.24) is 0 Å². The third-order valence-electron chi connectivity index (χ3n) is 6.04. The largest absolute Gasteiger partial charge is 0.508 e. The van der Waals surface area contributed by atoms with Crippen LogP contribution in [0.5, 0.6) is 0 Å². The van der Waals surface area contributed by atoms with Gasteiger partial charge >= 0.3 is 12.3 Å². The molecule has 0 aromatic heterocycles. The van der Waals surface area contributed by atoms with Crippen molar-refractivity contribution in [3.8, 4) is 0 Å².